The number of nitrogens with zero attached hydrogens (tertiary/aromatic N) is 6. The van der Waals surface area contributed by atoms with Gasteiger partial charge >= 0.3 is 17.6 Å². The van der Waals surface area contributed by atoms with Crippen LogP contribution >= 0.6 is 0 Å². The summed E-state index contributed by atoms with van der Waals surface area (Å²) in [4.78, 5) is 11.9. The Bertz CT molecular complexity index is 965. The molecule has 3 aromatic rings. The quantitative estimate of drug-likeness (QED) is 0.223. The largest absolute Gasteiger partial charge is 0.616 e. The fourth-order valence-corrected chi connectivity index (χ4v) is 2.51. The number of aromatic nitrogens is 6. The average Bonchev–Trinajstić information content (AvgIpc) is 2.77. The maximum Gasteiger partial charge on any atom is 0.399 e. The third kappa shape index (κ3) is 6.78. The van der Waals surface area contributed by atoms with Gasteiger partial charge in [-0.05, 0) is 41.5 Å². The summed E-state index contributed by atoms with van der Waals surface area (Å²) in [5, 5.41) is 60.4. The van der Waals surface area contributed by atoms with Crippen molar-refractivity contribution in [3.05, 3.63) is 66.9 Å². The van der Waals surface area contributed by atoms with Crippen LogP contribution in [0, 0.1) is 77.9 Å². The molecule has 0 bridgehead atoms. The summed E-state index contributed by atoms with van der Waals surface area (Å²) in [7, 11) is 0. The Morgan fingerprint density at radius 1 is 0.441 bits per heavy atom. The van der Waals surface area contributed by atoms with E-state index in [2.05, 4.69) is 15.0 Å². The first kappa shape index (κ1) is 30.6. The molecule has 0 aromatic carbocycles. The maximum atomic E-state index is 11.0. The molecule has 0 saturated heterocycles. The van der Waals surface area contributed by atoms with Gasteiger partial charge in [-0.1, -0.05) is 0 Å². The molecule has 34 heavy (non-hydrogen) atoms. The third-order valence-corrected chi connectivity index (χ3v) is 5.04. The summed E-state index contributed by atoms with van der Waals surface area (Å²) in [5.41, 5.74) is 4.35. The maximum absolute atomic E-state index is 11.0. The van der Waals surface area contributed by atoms with Crippen LogP contribution in [0.4, 0.5) is 0 Å². The number of aromatic hydroxyl groups is 3. The zero-order chi connectivity index (χ0) is 25.8. The van der Waals surface area contributed by atoms with Gasteiger partial charge < -0.3 is 30.9 Å². The van der Waals surface area contributed by atoms with Crippen molar-refractivity contribution in [3.8, 4) is 17.6 Å². The number of hydrogen-bond donors (Lipinski definition) is 3. The minimum atomic E-state index is -0.312. The van der Waals surface area contributed by atoms with Gasteiger partial charge in [0.25, 0.3) is 0 Å². The van der Waals surface area contributed by atoms with Crippen molar-refractivity contribution < 1.29 is 46.6 Å². The molecular weight excluding hydrogens is 488 g/mol. The first-order valence-electron chi connectivity index (χ1n) is 9.90. The molecule has 0 amide bonds. The van der Waals surface area contributed by atoms with Crippen molar-refractivity contribution in [1.82, 2.24) is 15.0 Å². The molecule has 0 aliphatic rings. The molecule has 0 atom stereocenters. The summed E-state index contributed by atoms with van der Waals surface area (Å²) in [6.45, 7) is 14.8. The summed E-state index contributed by atoms with van der Waals surface area (Å²) < 4.78 is 1.45. The van der Waals surface area contributed by atoms with Crippen molar-refractivity contribution >= 4 is 0 Å². The van der Waals surface area contributed by atoms with Gasteiger partial charge in [-0.15, -0.1) is 14.2 Å². The van der Waals surface area contributed by atoms with Gasteiger partial charge in [0, 0.05) is 37.8 Å². The van der Waals surface area contributed by atoms with Crippen molar-refractivity contribution in [1.29, 1.82) is 0 Å². The van der Waals surface area contributed by atoms with E-state index in [1.54, 1.807) is 62.3 Å². The van der Waals surface area contributed by atoms with Gasteiger partial charge in [0.2, 0.25) is 17.1 Å². The number of hydrogen-bond acceptors (Lipinski definition) is 9. The Kier molecular flexibility index (Phi) is 10.9. The predicted molar refractivity (Wildman–Crippen MR) is 117 cm³/mol. The minimum Gasteiger partial charge on any atom is -0.616 e. The number of rotatable bonds is 0. The van der Waals surface area contributed by atoms with Gasteiger partial charge in [0.05, 0.1) is 0 Å². The second-order valence-electron chi connectivity index (χ2n) is 7.46. The monoisotopic (exact) mass is 518 g/mol. The van der Waals surface area contributed by atoms with Crippen LogP contribution in [0.3, 0.4) is 0 Å². The van der Waals surface area contributed by atoms with Crippen molar-refractivity contribution in [2.24, 2.45) is 0 Å². The molecule has 12 nitrogen and oxygen atoms in total. The van der Waals surface area contributed by atoms with Crippen molar-refractivity contribution in [2.75, 3.05) is 0 Å². The van der Waals surface area contributed by atoms with Crippen LogP contribution in [0.2, 0.25) is 0 Å². The van der Waals surface area contributed by atoms with Crippen LogP contribution in [0.5, 0.6) is 17.6 Å². The molecule has 0 radical (unpaired) electrons. The fourth-order valence-electron chi connectivity index (χ4n) is 2.51. The van der Waals surface area contributed by atoms with Gasteiger partial charge in [-0.2, -0.15) is 0 Å². The van der Waals surface area contributed by atoms with Crippen LogP contribution < -0.4 is 14.2 Å². The van der Waals surface area contributed by atoms with Crippen molar-refractivity contribution in [2.45, 2.75) is 62.3 Å². The predicted octanol–water partition coefficient (Wildman–Crippen LogP) is 1.04. The molecule has 0 unspecified atom stereocenters. The Hall–Kier alpha value is -3.44. The fraction of sp³-hybridized carbons (Fsp3) is 0.429. The molecule has 3 heterocycles. The Labute approximate surface area is 208 Å². The van der Waals surface area contributed by atoms with E-state index in [1.807, 2.05) is 0 Å². The van der Waals surface area contributed by atoms with Crippen LogP contribution in [0.25, 0.3) is 0 Å². The van der Waals surface area contributed by atoms with Crippen molar-refractivity contribution in [3.63, 3.8) is 0 Å². The molecule has 0 saturated carbocycles. The molecule has 0 spiro atoms. The summed E-state index contributed by atoms with van der Waals surface area (Å²) in [5.74, 6) is -0.936. The second kappa shape index (κ2) is 12.1. The van der Waals surface area contributed by atoms with Gasteiger partial charge in [-0.3, -0.25) is 0 Å². The van der Waals surface area contributed by atoms with Crippen LogP contribution in [-0.2, 0) is 17.1 Å². The van der Waals surface area contributed by atoms with E-state index in [-0.39, 0.29) is 34.7 Å². The molecule has 0 aliphatic carbocycles. The van der Waals surface area contributed by atoms with Gasteiger partial charge in [0.1, 0.15) is 17.1 Å². The van der Waals surface area contributed by atoms with Crippen LogP contribution in [0.1, 0.15) is 51.2 Å². The van der Waals surface area contributed by atoms with E-state index in [0.717, 1.165) is 0 Å². The van der Waals surface area contributed by atoms with E-state index >= 15 is 0 Å². The van der Waals surface area contributed by atoms with Gasteiger partial charge in [-0.25, -0.2) is 15.0 Å². The Morgan fingerprint density at radius 2 is 0.618 bits per heavy atom. The summed E-state index contributed by atoms with van der Waals surface area (Å²) >= 11 is 0. The Balaban J connectivity index is 0.000000473. The molecule has 188 valence electrons. The van der Waals surface area contributed by atoms with E-state index in [9.17, 15) is 15.6 Å². The third-order valence-electron chi connectivity index (χ3n) is 5.04. The van der Waals surface area contributed by atoms with E-state index in [4.69, 9.17) is 15.3 Å². The van der Waals surface area contributed by atoms with E-state index < -0.39 is 0 Å². The molecule has 3 rings (SSSR count). The Morgan fingerprint density at radius 3 is 0.794 bits per heavy atom. The zero-order valence-corrected chi connectivity index (χ0v) is 21.7. The van der Waals surface area contributed by atoms with E-state index in [1.165, 1.54) is 0 Å². The molecule has 0 fully saturated rings. The normalized spacial score (nSPS) is 9.79. The van der Waals surface area contributed by atoms with Crippen LogP contribution in [-0.4, -0.2) is 30.3 Å². The first-order chi connectivity index (χ1) is 15.1. The standard InChI is InChI=1S/3C7H10N2O2.Fe/c3*1-4-6(3)9(11)7(10)5(2)8-4;/h3*10H,1-3H3;. The molecule has 3 N–H and O–H groups in total. The summed E-state index contributed by atoms with van der Waals surface area (Å²) in [6.07, 6.45) is 0. The van der Waals surface area contributed by atoms with Gasteiger partial charge in [0.15, 0.2) is 17.1 Å². The molecule has 3 aromatic heterocycles. The summed E-state index contributed by atoms with van der Waals surface area (Å²) in [6, 6.07) is 0. The van der Waals surface area contributed by atoms with E-state index in [0.29, 0.717) is 65.4 Å². The topological polar surface area (TPSA) is 180 Å². The molecule has 13 heteroatoms. The SMILES string of the molecule is Cc1nc(C)c(O)[n+]([O-])c1C.Cc1nc(C)c(O)[n+]([O-])c1C.Cc1nc(C)c(O)[n+]([O-])c1C.[Fe]. The first-order valence-corrected chi connectivity index (χ1v) is 9.90. The minimum absolute atomic E-state index is 0. The number of aryl methyl sites for hydroxylation is 6. The van der Waals surface area contributed by atoms with Crippen LogP contribution in [0.15, 0.2) is 0 Å². The molecule has 0 aliphatic heterocycles. The molecular formula is C21H30FeN6O6. The smallest absolute Gasteiger partial charge is 0.399 e. The zero-order valence-electron chi connectivity index (χ0n) is 20.6. The average molecular weight is 518 g/mol. The second-order valence-corrected chi connectivity index (χ2v) is 7.46.